The SMILES string of the molecule is Cn1nncc1C(=O)c1ccc(Cl)o1. The quantitative estimate of drug-likeness (QED) is 0.703. The fourth-order valence-corrected chi connectivity index (χ4v) is 1.20. The van der Waals surface area contributed by atoms with Gasteiger partial charge in [-0.25, -0.2) is 4.68 Å². The number of aryl methyl sites for hydroxylation is 1. The van der Waals surface area contributed by atoms with E-state index < -0.39 is 0 Å². The van der Waals surface area contributed by atoms with E-state index in [1.165, 1.54) is 23.0 Å². The molecule has 0 aliphatic rings. The van der Waals surface area contributed by atoms with Crippen LogP contribution in [0.2, 0.25) is 5.22 Å². The molecule has 0 aliphatic heterocycles. The van der Waals surface area contributed by atoms with Crippen molar-refractivity contribution in [2.45, 2.75) is 0 Å². The zero-order valence-corrected chi connectivity index (χ0v) is 8.02. The Kier molecular flexibility index (Phi) is 2.09. The first-order chi connectivity index (χ1) is 6.68. The second kappa shape index (κ2) is 3.26. The lowest BCUT2D eigenvalue weighted by molar-refractivity contribution is 0.100. The number of rotatable bonds is 2. The number of nitrogens with zero attached hydrogens (tertiary/aromatic N) is 3. The molecule has 0 bridgehead atoms. The predicted molar refractivity (Wildman–Crippen MR) is 48.2 cm³/mol. The Morgan fingerprint density at radius 2 is 2.36 bits per heavy atom. The molecule has 5 nitrogen and oxygen atoms in total. The Balaban J connectivity index is 2.38. The highest BCUT2D eigenvalue weighted by Gasteiger charge is 2.16. The smallest absolute Gasteiger partial charge is 0.247 e. The minimum absolute atomic E-state index is 0.181. The van der Waals surface area contributed by atoms with Crippen LogP contribution >= 0.6 is 11.6 Å². The molecule has 0 aliphatic carbocycles. The van der Waals surface area contributed by atoms with Crippen LogP contribution < -0.4 is 0 Å². The Bertz CT molecular complexity index is 474. The molecule has 14 heavy (non-hydrogen) atoms. The Hall–Kier alpha value is -1.62. The normalized spacial score (nSPS) is 10.4. The molecule has 0 unspecified atom stereocenters. The third kappa shape index (κ3) is 1.42. The molecule has 2 heterocycles. The number of carbonyl (C=O) groups excluding carboxylic acids is 1. The van der Waals surface area contributed by atoms with Gasteiger partial charge in [-0.3, -0.25) is 4.79 Å². The highest BCUT2D eigenvalue weighted by atomic mass is 35.5. The van der Waals surface area contributed by atoms with Crippen LogP contribution in [0.5, 0.6) is 0 Å². The molecule has 0 atom stereocenters. The summed E-state index contributed by atoms with van der Waals surface area (Å²) in [6.07, 6.45) is 1.37. The van der Waals surface area contributed by atoms with Gasteiger partial charge in [0.05, 0.1) is 6.20 Å². The molecule has 0 N–H and O–H groups in total. The van der Waals surface area contributed by atoms with E-state index in [1.807, 2.05) is 0 Å². The third-order valence-electron chi connectivity index (χ3n) is 1.74. The lowest BCUT2D eigenvalue weighted by Gasteiger charge is -1.95. The van der Waals surface area contributed by atoms with Crippen molar-refractivity contribution in [3.05, 3.63) is 35.0 Å². The summed E-state index contributed by atoms with van der Waals surface area (Å²) in [7, 11) is 1.63. The zero-order valence-electron chi connectivity index (χ0n) is 7.27. The summed E-state index contributed by atoms with van der Waals surface area (Å²) < 4.78 is 6.34. The van der Waals surface area contributed by atoms with Crippen molar-refractivity contribution in [2.75, 3.05) is 0 Å². The summed E-state index contributed by atoms with van der Waals surface area (Å²) in [5.74, 6) is -0.107. The predicted octanol–water partition coefficient (Wildman–Crippen LogP) is 1.29. The standard InChI is InChI=1S/C8H6ClN3O2/c1-12-5(4-10-11-12)8(13)6-2-3-7(9)14-6/h2-4H,1H3. The Morgan fingerprint density at radius 3 is 2.86 bits per heavy atom. The van der Waals surface area contributed by atoms with Gasteiger partial charge in [-0.05, 0) is 23.7 Å². The zero-order chi connectivity index (χ0) is 10.1. The summed E-state index contributed by atoms with van der Waals surface area (Å²) >= 11 is 5.55. The van der Waals surface area contributed by atoms with Crippen LogP contribution in [0.1, 0.15) is 16.2 Å². The van der Waals surface area contributed by atoms with Crippen molar-refractivity contribution in [3.8, 4) is 0 Å². The molecule has 0 amide bonds. The van der Waals surface area contributed by atoms with Crippen LogP contribution in [0.15, 0.2) is 22.7 Å². The number of aromatic nitrogens is 3. The van der Waals surface area contributed by atoms with E-state index in [2.05, 4.69) is 10.3 Å². The monoisotopic (exact) mass is 211 g/mol. The van der Waals surface area contributed by atoms with Crippen LogP contribution in [-0.4, -0.2) is 20.8 Å². The number of furan rings is 1. The van der Waals surface area contributed by atoms with E-state index in [4.69, 9.17) is 16.0 Å². The first-order valence-electron chi connectivity index (χ1n) is 3.83. The summed E-state index contributed by atoms with van der Waals surface area (Å²) in [5.41, 5.74) is 0.357. The van der Waals surface area contributed by atoms with Crippen molar-refractivity contribution in [1.82, 2.24) is 15.0 Å². The number of halogens is 1. The van der Waals surface area contributed by atoms with E-state index in [-0.39, 0.29) is 16.8 Å². The van der Waals surface area contributed by atoms with Gasteiger partial charge < -0.3 is 4.42 Å². The van der Waals surface area contributed by atoms with Gasteiger partial charge in [-0.1, -0.05) is 5.21 Å². The maximum atomic E-state index is 11.7. The molecule has 2 aromatic rings. The summed E-state index contributed by atoms with van der Waals surface area (Å²) in [6.45, 7) is 0. The van der Waals surface area contributed by atoms with Crippen LogP contribution in [0.25, 0.3) is 0 Å². The molecule has 0 spiro atoms. The Labute approximate surface area is 84.3 Å². The van der Waals surface area contributed by atoms with E-state index in [0.717, 1.165) is 0 Å². The highest BCUT2D eigenvalue weighted by Crippen LogP contribution is 2.15. The van der Waals surface area contributed by atoms with Gasteiger partial charge in [0.15, 0.2) is 11.0 Å². The van der Waals surface area contributed by atoms with Gasteiger partial charge in [0.25, 0.3) is 0 Å². The van der Waals surface area contributed by atoms with Crippen molar-refractivity contribution in [1.29, 1.82) is 0 Å². The summed E-state index contributed by atoms with van der Waals surface area (Å²) in [4.78, 5) is 11.7. The van der Waals surface area contributed by atoms with Gasteiger partial charge in [0.1, 0.15) is 5.69 Å². The number of hydrogen-bond acceptors (Lipinski definition) is 4. The fraction of sp³-hybridized carbons (Fsp3) is 0.125. The first-order valence-corrected chi connectivity index (χ1v) is 4.21. The van der Waals surface area contributed by atoms with E-state index >= 15 is 0 Å². The lowest BCUT2D eigenvalue weighted by atomic mass is 10.2. The molecular weight excluding hydrogens is 206 g/mol. The molecule has 0 saturated heterocycles. The molecule has 72 valence electrons. The van der Waals surface area contributed by atoms with Crippen LogP contribution in [0, 0.1) is 0 Å². The van der Waals surface area contributed by atoms with Gasteiger partial charge in [0, 0.05) is 7.05 Å². The number of ketones is 1. The minimum atomic E-state index is -0.288. The van der Waals surface area contributed by atoms with Crippen LogP contribution in [0.4, 0.5) is 0 Å². The lowest BCUT2D eigenvalue weighted by Crippen LogP contribution is -2.07. The molecule has 2 aromatic heterocycles. The van der Waals surface area contributed by atoms with Gasteiger partial charge >= 0.3 is 0 Å². The van der Waals surface area contributed by atoms with Crippen molar-refractivity contribution < 1.29 is 9.21 Å². The average molecular weight is 212 g/mol. The molecular formula is C8H6ClN3O2. The largest absolute Gasteiger partial charge is 0.441 e. The molecule has 0 radical (unpaired) electrons. The molecule has 2 rings (SSSR count). The van der Waals surface area contributed by atoms with Gasteiger partial charge in [-0.2, -0.15) is 0 Å². The molecule has 0 saturated carbocycles. The van der Waals surface area contributed by atoms with E-state index in [9.17, 15) is 4.79 Å². The van der Waals surface area contributed by atoms with Crippen molar-refractivity contribution >= 4 is 17.4 Å². The highest BCUT2D eigenvalue weighted by molar-refractivity contribution is 6.29. The molecule has 0 aromatic carbocycles. The van der Waals surface area contributed by atoms with Crippen molar-refractivity contribution in [3.63, 3.8) is 0 Å². The molecule has 0 fully saturated rings. The topological polar surface area (TPSA) is 60.9 Å². The second-order valence-corrected chi connectivity index (χ2v) is 3.05. The second-order valence-electron chi connectivity index (χ2n) is 2.68. The molecule has 6 heteroatoms. The van der Waals surface area contributed by atoms with E-state index in [0.29, 0.717) is 5.69 Å². The summed E-state index contributed by atoms with van der Waals surface area (Å²) in [6, 6.07) is 3.02. The van der Waals surface area contributed by atoms with Crippen LogP contribution in [-0.2, 0) is 7.05 Å². The van der Waals surface area contributed by atoms with E-state index in [1.54, 1.807) is 7.05 Å². The maximum Gasteiger partial charge on any atom is 0.247 e. The summed E-state index contributed by atoms with van der Waals surface area (Å²) in [5, 5.41) is 7.42. The number of carbonyl (C=O) groups is 1. The Morgan fingerprint density at radius 1 is 1.57 bits per heavy atom. The fourth-order valence-electron chi connectivity index (χ4n) is 1.06. The minimum Gasteiger partial charge on any atom is -0.441 e. The van der Waals surface area contributed by atoms with Gasteiger partial charge in [-0.15, -0.1) is 5.10 Å². The van der Waals surface area contributed by atoms with Crippen LogP contribution in [0.3, 0.4) is 0 Å². The first kappa shape index (κ1) is 8.96. The van der Waals surface area contributed by atoms with Crippen molar-refractivity contribution in [2.24, 2.45) is 7.05 Å². The maximum absolute atomic E-state index is 11.7. The average Bonchev–Trinajstić information content (AvgIpc) is 2.73. The van der Waals surface area contributed by atoms with Gasteiger partial charge in [0.2, 0.25) is 5.78 Å². The number of hydrogen-bond donors (Lipinski definition) is 0. The third-order valence-corrected chi connectivity index (χ3v) is 1.95.